The molecule has 3 rings (SSSR count). The van der Waals surface area contributed by atoms with E-state index < -0.39 is 5.97 Å². The van der Waals surface area contributed by atoms with Gasteiger partial charge in [-0.25, -0.2) is 9.78 Å². The molecule has 1 aromatic heterocycles. The van der Waals surface area contributed by atoms with Gasteiger partial charge in [0.2, 0.25) is 0 Å². The van der Waals surface area contributed by atoms with Crippen molar-refractivity contribution in [3.8, 4) is 11.5 Å². The van der Waals surface area contributed by atoms with Crippen molar-refractivity contribution in [2.45, 2.75) is 25.2 Å². The van der Waals surface area contributed by atoms with E-state index in [9.17, 15) is 4.79 Å². The van der Waals surface area contributed by atoms with Gasteiger partial charge in [-0.15, -0.1) is 0 Å². The molecule has 1 aliphatic rings. The zero-order valence-electron chi connectivity index (χ0n) is 13.2. The number of nitrogens with zero attached hydrogens (tertiary/aromatic N) is 1. The average molecular weight is 317 g/mol. The zero-order chi connectivity index (χ0) is 16.2. The second kappa shape index (κ2) is 6.73. The van der Waals surface area contributed by atoms with Gasteiger partial charge in [-0.3, -0.25) is 0 Å². The fourth-order valence-corrected chi connectivity index (χ4v) is 2.41. The van der Waals surface area contributed by atoms with Gasteiger partial charge in [0, 0.05) is 12.3 Å². The topological polar surface area (TPSA) is 70.8 Å². The minimum Gasteiger partial charge on any atom is -0.493 e. The minimum absolute atomic E-state index is 0.269. The Bertz CT molecular complexity index is 690. The molecule has 6 nitrogen and oxygen atoms in total. The fraction of sp³-hybridized carbons (Fsp3) is 0.412. The molecule has 0 unspecified atom stereocenters. The summed E-state index contributed by atoms with van der Waals surface area (Å²) in [5, 5.41) is 0. The number of rotatable bonds is 7. The van der Waals surface area contributed by atoms with Crippen LogP contribution in [0.4, 0.5) is 0 Å². The van der Waals surface area contributed by atoms with E-state index in [2.05, 4.69) is 4.98 Å². The van der Waals surface area contributed by atoms with Crippen LogP contribution in [-0.4, -0.2) is 31.8 Å². The molecule has 23 heavy (non-hydrogen) atoms. The molecule has 1 heterocycles. The first-order valence-corrected chi connectivity index (χ1v) is 7.54. The molecule has 0 atom stereocenters. The molecule has 0 saturated heterocycles. The van der Waals surface area contributed by atoms with E-state index in [1.807, 2.05) is 18.2 Å². The first-order chi connectivity index (χ1) is 11.2. The van der Waals surface area contributed by atoms with Crippen molar-refractivity contribution in [1.82, 2.24) is 4.98 Å². The number of carbonyl (C=O) groups excluding carboxylic acids is 1. The lowest BCUT2D eigenvalue weighted by atomic mass is 10.1. The first kappa shape index (κ1) is 15.4. The molecular formula is C17H19NO5. The smallest absolute Gasteiger partial charge is 0.360 e. The SMILES string of the molecule is COc1ccc(CCOC(=O)c2ncoc2C2CC2)cc1OC. The van der Waals surface area contributed by atoms with E-state index in [-0.39, 0.29) is 6.61 Å². The highest BCUT2D eigenvalue weighted by Crippen LogP contribution is 2.41. The summed E-state index contributed by atoms with van der Waals surface area (Å²) in [4.78, 5) is 16.1. The Hall–Kier alpha value is -2.50. The number of esters is 1. The summed E-state index contributed by atoms with van der Waals surface area (Å²) >= 11 is 0. The number of benzene rings is 1. The molecule has 0 amide bonds. The summed E-state index contributed by atoms with van der Waals surface area (Å²) in [5.41, 5.74) is 1.30. The average Bonchev–Trinajstić information content (AvgIpc) is 3.31. The maximum Gasteiger partial charge on any atom is 0.360 e. The number of oxazole rings is 1. The van der Waals surface area contributed by atoms with Crippen LogP contribution in [0.15, 0.2) is 29.0 Å². The number of ether oxygens (including phenoxy) is 3. The van der Waals surface area contributed by atoms with Crippen molar-refractivity contribution in [3.05, 3.63) is 41.6 Å². The van der Waals surface area contributed by atoms with Gasteiger partial charge in [0.25, 0.3) is 0 Å². The molecule has 1 fully saturated rings. The summed E-state index contributed by atoms with van der Waals surface area (Å²) in [7, 11) is 3.18. The van der Waals surface area contributed by atoms with E-state index >= 15 is 0 Å². The Labute approximate surface area is 134 Å². The number of carbonyl (C=O) groups is 1. The van der Waals surface area contributed by atoms with E-state index in [4.69, 9.17) is 18.6 Å². The fourth-order valence-electron chi connectivity index (χ4n) is 2.41. The van der Waals surface area contributed by atoms with Gasteiger partial charge in [0.1, 0.15) is 5.76 Å². The molecule has 1 aromatic carbocycles. The van der Waals surface area contributed by atoms with Crippen LogP contribution in [0, 0.1) is 0 Å². The largest absolute Gasteiger partial charge is 0.493 e. The van der Waals surface area contributed by atoms with Crippen molar-refractivity contribution >= 4 is 5.97 Å². The van der Waals surface area contributed by atoms with Crippen molar-refractivity contribution in [2.75, 3.05) is 20.8 Å². The van der Waals surface area contributed by atoms with E-state index in [0.717, 1.165) is 18.4 Å². The monoisotopic (exact) mass is 317 g/mol. The molecule has 0 radical (unpaired) electrons. The van der Waals surface area contributed by atoms with Crippen LogP contribution in [0.1, 0.15) is 40.6 Å². The first-order valence-electron chi connectivity index (χ1n) is 7.54. The highest BCUT2D eigenvalue weighted by molar-refractivity contribution is 5.88. The molecule has 2 aromatic rings. The lowest BCUT2D eigenvalue weighted by Crippen LogP contribution is -2.10. The maximum absolute atomic E-state index is 12.1. The quantitative estimate of drug-likeness (QED) is 0.731. The normalized spacial score (nSPS) is 13.7. The van der Waals surface area contributed by atoms with Gasteiger partial charge in [-0.1, -0.05) is 6.07 Å². The van der Waals surface area contributed by atoms with Crippen molar-refractivity contribution in [1.29, 1.82) is 0 Å². The Morgan fingerprint density at radius 3 is 2.74 bits per heavy atom. The van der Waals surface area contributed by atoms with Crippen LogP contribution >= 0.6 is 0 Å². The van der Waals surface area contributed by atoms with Gasteiger partial charge < -0.3 is 18.6 Å². The van der Waals surface area contributed by atoms with Crippen molar-refractivity contribution in [2.24, 2.45) is 0 Å². The van der Waals surface area contributed by atoms with E-state index in [0.29, 0.717) is 35.3 Å². The summed E-state index contributed by atoms with van der Waals surface area (Å²) in [5.74, 6) is 1.88. The second-order valence-corrected chi connectivity index (χ2v) is 5.41. The standard InChI is InChI=1S/C17H19NO5/c1-20-13-6-3-11(9-14(13)21-2)7-8-22-17(19)15-16(12-4-5-12)23-10-18-15/h3,6,9-10,12H,4-5,7-8H2,1-2H3. The van der Waals surface area contributed by atoms with Crippen LogP contribution in [0.2, 0.25) is 0 Å². The van der Waals surface area contributed by atoms with Gasteiger partial charge in [-0.05, 0) is 30.5 Å². The third-order valence-electron chi connectivity index (χ3n) is 3.81. The molecule has 0 aliphatic heterocycles. The predicted molar refractivity (Wildman–Crippen MR) is 82.0 cm³/mol. The van der Waals surface area contributed by atoms with Crippen LogP contribution in [0.5, 0.6) is 11.5 Å². The van der Waals surface area contributed by atoms with Crippen LogP contribution in [0.3, 0.4) is 0 Å². The van der Waals surface area contributed by atoms with Gasteiger partial charge >= 0.3 is 5.97 Å². The molecule has 1 saturated carbocycles. The molecule has 0 N–H and O–H groups in total. The highest BCUT2D eigenvalue weighted by Gasteiger charge is 2.33. The third kappa shape index (κ3) is 3.47. The third-order valence-corrected chi connectivity index (χ3v) is 3.81. The molecule has 0 bridgehead atoms. The van der Waals surface area contributed by atoms with Crippen LogP contribution in [-0.2, 0) is 11.2 Å². The minimum atomic E-state index is -0.430. The number of hydrogen-bond acceptors (Lipinski definition) is 6. The van der Waals surface area contributed by atoms with Crippen LogP contribution < -0.4 is 9.47 Å². The Morgan fingerprint density at radius 2 is 2.04 bits per heavy atom. The number of aromatic nitrogens is 1. The summed E-state index contributed by atoms with van der Waals surface area (Å²) in [6, 6.07) is 5.62. The van der Waals surface area contributed by atoms with Gasteiger partial charge in [-0.2, -0.15) is 0 Å². The van der Waals surface area contributed by atoms with E-state index in [1.54, 1.807) is 14.2 Å². The van der Waals surface area contributed by atoms with Gasteiger partial charge in [0.05, 0.1) is 20.8 Å². The second-order valence-electron chi connectivity index (χ2n) is 5.41. The van der Waals surface area contributed by atoms with E-state index in [1.165, 1.54) is 6.39 Å². The molecule has 122 valence electrons. The summed E-state index contributed by atoms with van der Waals surface area (Å²) < 4.78 is 21.0. The molecule has 0 spiro atoms. The highest BCUT2D eigenvalue weighted by atomic mass is 16.5. The van der Waals surface area contributed by atoms with Crippen LogP contribution in [0.25, 0.3) is 0 Å². The molecule has 6 heteroatoms. The Morgan fingerprint density at radius 1 is 1.26 bits per heavy atom. The summed E-state index contributed by atoms with van der Waals surface area (Å²) in [6.07, 6.45) is 3.98. The number of hydrogen-bond donors (Lipinski definition) is 0. The summed E-state index contributed by atoms with van der Waals surface area (Å²) in [6.45, 7) is 0.269. The maximum atomic E-state index is 12.1. The van der Waals surface area contributed by atoms with Gasteiger partial charge in [0.15, 0.2) is 23.6 Å². The predicted octanol–water partition coefficient (Wildman–Crippen LogP) is 2.97. The Balaban J connectivity index is 1.56. The molecule has 1 aliphatic carbocycles. The number of methoxy groups -OCH3 is 2. The Kier molecular flexibility index (Phi) is 4.50. The lowest BCUT2D eigenvalue weighted by Gasteiger charge is -2.09. The molecular weight excluding hydrogens is 298 g/mol. The van der Waals surface area contributed by atoms with Crippen molar-refractivity contribution in [3.63, 3.8) is 0 Å². The lowest BCUT2D eigenvalue weighted by molar-refractivity contribution is 0.0500. The zero-order valence-corrected chi connectivity index (χ0v) is 13.2. The van der Waals surface area contributed by atoms with Crippen molar-refractivity contribution < 1.29 is 23.4 Å².